The Morgan fingerprint density at radius 1 is 1.18 bits per heavy atom. The van der Waals surface area contributed by atoms with Crippen LogP contribution in [-0.2, 0) is 29.0 Å². The fraction of sp³-hybridized carbons (Fsp3) is 0.364. The van der Waals surface area contributed by atoms with Gasteiger partial charge in [0.05, 0.1) is 5.92 Å². The highest BCUT2D eigenvalue weighted by molar-refractivity contribution is 5.86. The van der Waals surface area contributed by atoms with Gasteiger partial charge in [0.1, 0.15) is 11.8 Å². The van der Waals surface area contributed by atoms with Crippen LogP contribution >= 0.6 is 0 Å². The van der Waals surface area contributed by atoms with Crippen LogP contribution in [0.5, 0.6) is 5.75 Å². The molecular weight excluding hydrogens is 356 g/mol. The van der Waals surface area contributed by atoms with Crippen LogP contribution in [-0.4, -0.2) is 39.6 Å². The number of rotatable bonds is 5. The second-order valence-corrected chi connectivity index (χ2v) is 7.49. The van der Waals surface area contributed by atoms with E-state index in [0.29, 0.717) is 12.8 Å². The number of carboxylic acids is 1. The summed E-state index contributed by atoms with van der Waals surface area (Å²) in [5, 5.41) is 19.4. The van der Waals surface area contributed by atoms with Crippen LogP contribution in [0.3, 0.4) is 0 Å². The molecule has 2 atom stereocenters. The third-order valence-electron chi connectivity index (χ3n) is 5.58. The summed E-state index contributed by atoms with van der Waals surface area (Å²) in [5.74, 6) is -1.58. The van der Waals surface area contributed by atoms with Crippen molar-refractivity contribution >= 4 is 11.9 Å². The molecule has 0 spiro atoms. The number of nitrogens with zero attached hydrogens (tertiary/aromatic N) is 1. The molecule has 0 aliphatic carbocycles. The lowest BCUT2D eigenvalue weighted by molar-refractivity contribution is -0.153. The van der Waals surface area contributed by atoms with Gasteiger partial charge in [-0.2, -0.15) is 0 Å². The summed E-state index contributed by atoms with van der Waals surface area (Å²) in [7, 11) is 0. The van der Waals surface area contributed by atoms with Crippen molar-refractivity contribution in [1.82, 2.24) is 4.90 Å². The summed E-state index contributed by atoms with van der Waals surface area (Å²) in [6.07, 6.45) is 0.712. The molecule has 1 aliphatic heterocycles. The van der Waals surface area contributed by atoms with Gasteiger partial charge in [-0.05, 0) is 60.2 Å². The molecule has 1 amide bonds. The van der Waals surface area contributed by atoms with Crippen LogP contribution in [0.1, 0.15) is 27.8 Å². The number of aromatic hydroxyl groups is 1. The van der Waals surface area contributed by atoms with Crippen molar-refractivity contribution in [2.24, 2.45) is 11.7 Å². The molecule has 3 rings (SSSR count). The quantitative estimate of drug-likeness (QED) is 0.735. The minimum absolute atomic E-state index is 0.128. The highest BCUT2D eigenvalue weighted by atomic mass is 16.4. The normalized spacial score (nSPS) is 17.1. The Balaban J connectivity index is 1.89. The Hall–Kier alpha value is -2.86. The van der Waals surface area contributed by atoms with Gasteiger partial charge in [-0.25, -0.2) is 4.79 Å². The molecule has 0 saturated carbocycles. The minimum Gasteiger partial charge on any atom is -0.508 e. The standard InChI is InChI=1S/C22H26N2O4/c1-13-7-18(25)8-14(2)19(13)9-17(11-23)21(26)24-12-16-6-4-3-5-15(16)10-20(24)22(27)28/h3-8,17,20,25H,9-12,23H2,1-2H3,(H,27,28)/t17-,20-/m0/s1. The highest BCUT2D eigenvalue weighted by Gasteiger charge is 2.37. The Labute approximate surface area is 164 Å². The Morgan fingerprint density at radius 3 is 2.36 bits per heavy atom. The minimum atomic E-state index is -1.00. The van der Waals surface area contributed by atoms with E-state index in [9.17, 15) is 19.8 Å². The number of benzene rings is 2. The second kappa shape index (κ2) is 8.02. The van der Waals surface area contributed by atoms with E-state index < -0.39 is 17.9 Å². The molecule has 0 bridgehead atoms. The average molecular weight is 382 g/mol. The maximum atomic E-state index is 13.3. The largest absolute Gasteiger partial charge is 0.508 e. The van der Waals surface area contributed by atoms with E-state index in [0.717, 1.165) is 27.8 Å². The zero-order valence-corrected chi connectivity index (χ0v) is 16.2. The number of nitrogens with two attached hydrogens (primary N) is 1. The molecule has 6 heteroatoms. The summed E-state index contributed by atoms with van der Waals surface area (Å²) < 4.78 is 0. The lowest BCUT2D eigenvalue weighted by Crippen LogP contribution is -2.52. The molecule has 1 heterocycles. The van der Waals surface area contributed by atoms with Crippen LogP contribution in [0.2, 0.25) is 0 Å². The van der Waals surface area contributed by atoms with Crippen molar-refractivity contribution in [3.05, 3.63) is 64.2 Å². The first-order valence-electron chi connectivity index (χ1n) is 9.41. The first-order valence-corrected chi connectivity index (χ1v) is 9.41. The Morgan fingerprint density at radius 2 is 1.79 bits per heavy atom. The molecule has 148 valence electrons. The number of fused-ring (bicyclic) bond motifs is 1. The first-order chi connectivity index (χ1) is 13.3. The number of aliphatic carboxylic acids is 1. The summed E-state index contributed by atoms with van der Waals surface area (Å²) in [5.41, 5.74) is 10.6. The maximum Gasteiger partial charge on any atom is 0.326 e. The predicted molar refractivity (Wildman–Crippen MR) is 106 cm³/mol. The van der Waals surface area contributed by atoms with Crippen LogP contribution in [0.25, 0.3) is 0 Å². The number of phenols is 1. The molecule has 0 fully saturated rings. The van der Waals surface area contributed by atoms with E-state index in [4.69, 9.17) is 5.73 Å². The third-order valence-corrected chi connectivity index (χ3v) is 5.58. The third kappa shape index (κ3) is 3.87. The van der Waals surface area contributed by atoms with Crippen molar-refractivity contribution in [3.8, 4) is 5.75 Å². The van der Waals surface area contributed by atoms with Gasteiger partial charge in [0.25, 0.3) is 0 Å². The number of carbonyl (C=O) groups excluding carboxylic acids is 1. The molecule has 2 aromatic rings. The number of phenolic OH excluding ortho intramolecular Hbond substituents is 1. The van der Waals surface area contributed by atoms with E-state index >= 15 is 0 Å². The average Bonchev–Trinajstić information content (AvgIpc) is 2.66. The second-order valence-electron chi connectivity index (χ2n) is 7.49. The molecule has 0 aromatic heterocycles. The Kier molecular flexibility index (Phi) is 5.70. The molecule has 0 radical (unpaired) electrons. The summed E-state index contributed by atoms with van der Waals surface area (Å²) in [6.45, 7) is 4.17. The van der Waals surface area contributed by atoms with Crippen LogP contribution < -0.4 is 5.73 Å². The SMILES string of the molecule is Cc1cc(O)cc(C)c1C[C@@H](CN)C(=O)N1Cc2ccccc2C[C@H]1C(=O)O. The van der Waals surface area contributed by atoms with Gasteiger partial charge in [-0.15, -0.1) is 0 Å². The van der Waals surface area contributed by atoms with Gasteiger partial charge < -0.3 is 20.8 Å². The van der Waals surface area contributed by atoms with E-state index in [2.05, 4.69) is 0 Å². The molecular formula is C22H26N2O4. The summed E-state index contributed by atoms with van der Waals surface area (Å²) >= 11 is 0. The zero-order valence-electron chi connectivity index (χ0n) is 16.2. The van der Waals surface area contributed by atoms with Gasteiger partial charge in [0.2, 0.25) is 5.91 Å². The molecule has 2 aromatic carbocycles. The number of carbonyl (C=O) groups is 2. The van der Waals surface area contributed by atoms with Crippen molar-refractivity contribution in [2.75, 3.05) is 6.54 Å². The maximum absolute atomic E-state index is 13.3. The molecule has 4 N–H and O–H groups in total. The van der Waals surface area contributed by atoms with E-state index in [1.165, 1.54) is 4.90 Å². The van der Waals surface area contributed by atoms with Gasteiger partial charge >= 0.3 is 5.97 Å². The van der Waals surface area contributed by atoms with Crippen molar-refractivity contribution in [1.29, 1.82) is 0 Å². The van der Waals surface area contributed by atoms with Crippen LogP contribution in [0.4, 0.5) is 0 Å². The number of carboxylic acid groups (broad SMARTS) is 1. The van der Waals surface area contributed by atoms with Crippen LogP contribution in [0.15, 0.2) is 36.4 Å². The number of amides is 1. The van der Waals surface area contributed by atoms with Gasteiger partial charge in [0.15, 0.2) is 0 Å². The smallest absolute Gasteiger partial charge is 0.326 e. The molecule has 0 unspecified atom stereocenters. The Bertz CT molecular complexity index is 886. The fourth-order valence-electron chi connectivity index (χ4n) is 4.02. The van der Waals surface area contributed by atoms with Gasteiger partial charge in [0, 0.05) is 19.5 Å². The highest BCUT2D eigenvalue weighted by Crippen LogP contribution is 2.28. The summed E-state index contributed by atoms with van der Waals surface area (Å²) in [4.78, 5) is 26.6. The molecule has 0 saturated heterocycles. The number of hydrogen-bond donors (Lipinski definition) is 3. The van der Waals surface area contributed by atoms with Crippen molar-refractivity contribution < 1.29 is 19.8 Å². The summed E-state index contributed by atoms with van der Waals surface area (Å²) in [6, 6.07) is 10.1. The zero-order chi connectivity index (χ0) is 20.4. The van der Waals surface area contributed by atoms with Crippen molar-refractivity contribution in [2.45, 2.75) is 39.3 Å². The van der Waals surface area contributed by atoms with E-state index in [1.54, 1.807) is 12.1 Å². The molecule has 1 aliphatic rings. The van der Waals surface area contributed by atoms with Crippen molar-refractivity contribution in [3.63, 3.8) is 0 Å². The molecule has 28 heavy (non-hydrogen) atoms. The van der Waals surface area contributed by atoms with E-state index in [-0.39, 0.29) is 24.7 Å². The van der Waals surface area contributed by atoms with Gasteiger partial charge in [-0.3, -0.25) is 4.79 Å². The lowest BCUT2D eigenvalue weighted by Gasteiger charge is -2.36. The molecule has 6 nitrogen and oxygen atoms in total. The van der Waals surface area contributed by atoms with Gasteiger partial charge in [-0.1, -0.05) is 24.3 Å². The van der Waals surface area contributed by atoms with Crippen LogP contribution in [0, 0.1) is 19.8 Å². The predicted octanol–water partition coefficient (Wildman–Crippen LogP) is 2.16. The monoisotopic (exact) mass is 382 g/mol. The number of aryl methyl sites for hydroxylation is 2. The first kappa shape index (κ1) is 19.9. The number of hydrogen-bond acceptors (Lipinski definition) is 4. The fourth-order valence-corrected chi connectivity index (χ4v) is 4.02. The lowest BCUT2D eigenvalue weighted by atomic mass is 9.89. The topological polar surface area (TPSA) is 104 Å². The van der Waals surface area contributed by atoms with E-state index in [1.807, 2.05) is 38.1 Å².